The van der Waals surface area contributed by atoms with Gasteiger partial charge in [-0.3, -0.25) is 0 Å². The predicted octanol–water partition coefficient (Wildman–Crippen LogP) is 2.66. The van der Waals surface area contributed by atoms with E-state index in [-0.39, 0.29) is 0 Å². The Hall–Kier alpha value is -1.89. The summed E-state index contributed by atoms with van der Waals surface area (Å²) in [6, 6.07) is 5.49. The van der Waals surface area contributed by atoms with E-state index in [1.165, 1.54) is 32.4 Å². The third kappa shape index (κ3) is 4.34. The Morgan fingerprint density at radius 1 is 1.11 bits per heavy atom. The number of aromatic nitrogens is 4. The topological polar surface area (TPSA) is 60.1 Å². The summed E-state index contributed by atoms with van der Waals surface area (Å²) < 4.78 is 1.84. The molecule has 6 nitrogen and oxygen atoms in total. The summed E-state index contributed by atoms with van der Waals surface area (Å²) in [5.74, 6) is 0.838. The smallest absolute Gasteiger partial charge is 0.163 e. The summed E-state index contributed by atoms with van der Waals surface area (Å²) in [6.07, 6.45) is 7.45. The van der Waals surface area contributed by atoms with Gasteiger partial charge in [0.15, 0.2) is 5.65 Å². The van der Waals surface area contributed by atoms with Crippen LogP contribution in [0.1, 0.15) is 24.8 Å². The number of hydrogen-bond donors (Lipinski definition) is 2. The van der Waals surface area contributed by atoms with Gasteiger partial charge in [-0.2, -0.15) is 5.10 Å². The van der Waals surface area contributed by atoms with Crippen LogP contribution in [-0.4, -0.2) is 45.9 Å². The minimum atomic E-state index is 0.536. The molecule has 1 aliphatic rings. The van der Waals surface area contributed by atoms with Gasteiger partial charge in [-0.15, -0.1) is 0 Å². The first-order chi connectivity index (χ1) is 13.2. The Morgan fingerprint density at radius 2 is 1.96 bits per heavy atom. The summed E-state index contributed by atoms with van der Waals surface area (Å²) in [4.78, 5) is 10.5. The van der Waals surface area contributed by atoms with Gasteiger partial charge in [0.25, 0.3) is 0 Å². The third-order valence-electron chi connectivity index (χ3n) is 5.10. The van der Waals surface area contributed by atoms with Crippen LogP contribution < -0.4 is 10.2 Å². The molecule has 0 bridgehead atoms. The number of likely N-dealkylation sites (tertiary alicyclic amines) is 1. The van der Waals surface area contributed by atoms with Gasteiger partial charge in [-0.25, -0.2) is 14.6 Å². The Kier molecular flexibility index (Phi) is 5.76. The van der Waals surface area contributed by atoms with Gasteiger partial charge in [0, 0.05) is 10.0 Å². The molecule has 2 aromatic heterocycles. The van der Waals surface area contributed by atoms with Crippen LogP contribution in [0.4, 0.5) is 5.82 Å². The fourth-order valence-electron chi connectivity index (χ4n) is 3.62. The molecule has 0 radical (unpaired) electrons. The van der Waals surface area contributed by atoms with E-state index < -0.39 is 0 Å². The molecular weight excluding hydrogens is 383 g/mol. The largest absolute Gasteiger partial charge is 0.364 e. The van der Waals surface area contributed by atoms with Crippen molar-refractivity contribution in [1.29, 1.82) is 0 Å². The molecule has 3 aromatic rings. The lowest BCUT2D eigenvalue weighted by Crippen LogP contribution is -3.13. The molecule has 0 amide bonds. The molecule has 4 rings (SSSR count). The fourth-order valence-corrected chi connectivity index (χ4v) is 4.09. The molecule has 1 saturated heterocycles. The molecule has 1 aliphatic heterocycles. The number of quaternary nitrogens is 1. The van der Waals surface area contributed by atoms with Crippen LogP contribution >= 0.6 is 23.2 Å². The highest BCUT2D eigenvalue weighted by molar-refractivity contribution is 6.35. The molecule has 1 aromatic carbocycles. The molecule has 3 heterocycles. The number of fused-ring (bicyclic) bond motifs is 1. The van der Waals surface area contributed by atoms with Gasteiger partial charge < -0.3 is 10.2 Å². The van der Waals surface area contributed by atoms with E-state index in [9.17, 15) is 0 Å². The highest BCUT2D eigenvalue weighted by atomic mass is 35.5. The SMILES string of the molecule is Clc1ccc(Cn2ncc3c(NCC[NH+]4CCCCC4)ncnc32)c(Cl)c1. The van der Waals surface area contributed by atoms with Crippen molar-refractivity contribution in [3.8, 4) is 0 Å². The van der Waals surface area contributed by atoms with E-state index in [4.69, 9.17) is 23.2 Å². The van der Waals surface area contributed by atoms with Crippen molar-refractivity contribution in [2.24, 2.45) is 0 Å². The first-order valence-electron chi connectivity index (χ1n) is 9.38. The number of anilines is 1. The zero-order valence-corrected chi connectivity index (χ0v) is 16.6. The van der Waals surface area contributed by atoms with Crippen molar-refractivity contribution in [3.05, 3.63) is 46.3 Å². The van der Waals surface area contributed by atoms with Crippen molar-refractivity contribution in [2.45, 2.75) is 25.8 Å². The minimum absolute atomic E-state index is 0.536. The average Bonchev–Trinajstić information content (AvgIpc) is 3.09. The Balaban J connectivity index is 1.47. The zero-order valence-electron chi connectivity index (χ0n) is 15.1. The molecule has 0 aliphatic carbocycles. The molecule has 2 N–H and O–H groups in total. The summed E-state index contributed by atoms with van der Waals surface area (Å²) in [6.45, 7) is 5.10. The standard InChI is InChI=1S/C19H22Cl2N6/c20-15-5-4-14(17(21)10-15)12-27-19-16(11-25-27)18(23-13-24-19)22-6-9-26-7-2-1-3-8-26/h4-5,10-11,13H,1-3,6-9,12H2,(H,22,23,24)/p+1. The van der Waals surface area contributed by atoms with Crippen molar-refractivity contribution < 1.29 is 4.90 Å². The normalized spacial score (nSPS) is 15.3. The molecule has 0 atom stereocenters. The summed E-state index contributed by atoms with van der Waals surface area (Å²) in [5.41, 5.74) is 1.75. The molecule has 1 fully saturated rings. The van der Waals surface area contributed by atoms with E-state index in [1.54, 1.807) is 17.3 Å². The van der Waals surface area contributed by atoms with Crippen LogP contribution in [0.3, 0.4) is 0 Å². The minimum Gasteiger partial charge on any atom is -0.364 e. The van der Waals surface area contributed by atoms with Gasteiger partial charge >= 0.3 is 0 Å². The molecule has 142 valence electrons. The Labute approximate surface area is 168 Å². The lowest BCUT2D eigenvalue weighted by atomic mass is 10.1. The number of halogens is 2. The highest BCUT2D eigenvalue weighted by Crippen LogP contribution is 2.24. The van der Waals surface area contributed by atoms with Crippen molar-refractivity contribution in [3.63, 3.8) is 0 Å². The van der Waals surface area contributed by atoms with Gasteiger partial charge in [-0.05, 0) is 37.0 Å². The monoisotopic (exact) mass is 405 g/mol. The number of nitrogens with zero attached hydrogens (tertiary/aromatic N) is 4. The van der Waals surface area contributed by atoms with Crippen LogP contribution in [0.15, 0.2) is 30.7 Å². The second kappa shape index (κ2) is 8.42. The number of rotatable bonds is 6. The van der Waals surface area contributed by atoms with Gasteiger partial charge in [0.1, 0.15) is 12.1 Å². The summed E-state index contributed by atoms with van der Waals surface area (Å²) in [7, 11) is 0. The van der Waals surface area contributed by atoms with Crippen LogP contribution in [-0.2, 0) is 6.54 Å². The summed E-state index contributed by atoms with van der Waals surface area (Å²) in [5, 5.41) is 10.1. The lowest BCUT2D eigenvalue weighted by molar-refractivity contribution is -0.903. The van der Waals surface area contributed by atoms with Gasteiger partial charge in [0.05, 0.1) is 44.3 Å². The van der Waals surface area contributed by atoms with Gasteiger partial charge in [0.2, 0.25) is 0 Å². The Morgan fingerprint density at radius 3 is 2.78 bits per heavy atom. The Bertz CT molecular complexity index is 920. The van der Waals surface area contributed by atoms with Crippen molar-refractivity contribution in [1.82, 2.24) is 19.7 Å². The van der Waals surface area contributed by atoms with E-state index in [0.717, 1.165) is 35.5 Å². The molecule has 27 heavy (non-hydrogen) atoms. The highest BCUT2D eigenvalue weighted by Gasteiger charge is 2.14. The lowest BCUT2D eigenvalue weighted by Gasteiger charge is -2.23. The number of piperidine rings is 1. The van der Waals surface area contributed by atoms with Crippen molar-refractivity contribution >= 4 is 40.1 Å². The molecule has 0 unspecified atom stereocenters. The number of nitrogens with one attached hydrogen (secondary N) is 2. The van der Waals surface area contributed by atoms with Crippen molar-refractivity contribution in [2.75, 3.05) is 31.5 Å². The second-order valence-corrected chi connectivity index (χ2v) is 7.83. The zero-order chi connectivity index (χ0) is 18.6. The molecular formula is C19H23Cl2N6+. The van der Waals surface area contributed by atoms with E-state index >= 15 is 0 Å². The van der Waals surface area contributed by atoms with Gasteiger partial charge in [-0.1, -0.05) is 29.3 Å². The van der Waals surface area contributed by atoms with E-state index in [2.05, 4.69) is 20.4 Å². The second-order valence-electron chi connectivity index (χ2n) is 6.98. The van der Waals surface area contributed by atoms with E-state index in [0.29, 0.717) is 16.6 Å². The van der Waals surface area contributed by atoms with Crippen LogP contribution in [0.2, 0.25) is 10.0 Å². The maximum Gasteiger partial charge on any atom is 0.163 e. The third-order valence-corrected chi connectivity index (χ3v) is 5.69. The van der Waals surface area contributed by atoms with Crippen LogP contribution in [0.25, 0.3) is 11.0 Å². The first-order valence-corrected chi connectivity index (χ1v) is 10.1. The predicted molar refractivity (Wildman–Crippen MR) is 109 cm³/mol. The average molecular weight is 406 g/mol. The van der Waals surface area contributed by atoms with E-state index in [1.807, 2.05) is 23.0 Å². The maximum absolute atomic E-state index is 6.30. The number of hydrogen-bond acceptors (Lipinski definition) is 4. The molecule has 0 spiro atoms. The van der Waals surface area contributed by atoms with Crippen LogP contribution in [0, 0.1) is 0 Å². The fraction of sp³-hybridized carbons (Fsp3) is 0.421. The quantitative estimate of drug-likeness (QED) is 0.661. The number of benzene rings is 1. The summed E-state index contributed by atoms with van der Waals surface area (Å²) >= 11 is 12.3. The van der Waals surface area contributed by atoms with Crippen LogP contribution in [0.5, 0.6) is 0 Å². The maximum atomic E-state index is 6.30. The molecule has 8 heteroatoms. The first kappa shape index (κ1) is 18.5. The molecule has 0 saturated carbocycles.